The Kier molecular flexibility index (Phi) is 6.37. The van der Waals surface area contributed by atoms with Gasteiger partial charge in [-0.15, -0.1) is 0 Å². The van der Waals surface area contributed by atoms with Crippen molar-refractivity contribution in [2.24, 2.45) is 0 Å². The highest BCUT2D eigenvalue weighted by Gasteiger charge is 2.08. The molecule has 118 valence electrons. The molecule has 0 bridgehead atoms. The molecular weight excluding hydrogens is 276 g/mol. The van der Waals surface area contributed by atoms with Crippen LogP contribution in [-0.2, 0) is 6.54 Å². The Morgan fingerprint density at radius 3 is 2.50 bits per heavy atom. The Balaban J connectivity index is 1.89. The van der Waals surface area contributed by atoms with E-state index in [-0.39, 0.29) is 6.61 Å². The second-order valence-electron chi connectivity index (χ2n) is 5.43. The van der Waals surface area contributed by atoms with E-state index < -0.39 is 0 Å². The summed E-state index contributed by atoms with van der Waals surface area (Å²) >= 11 is 0. The first-order valence-corrected chi connectivity index (χ1v) is 7.62. The molecule has 1 N–H and O–H groups in total. The van der Waals surface area contributed by atoms with E-state index in [0.717, 1.165) is 35.5 Å². The summed E-state index contributed by atoms with van der Waals surface area (Å²) in [5.41, 5.74) is 3.45. The molecule has 0 fully saturated rings. The molecule has 0 unspecified atom stereocenters. The van der Waals surface area contributed by atoms with Gasteiger partial charge >= 0.3 is 0 Å². The molecule has 0 atom stereocenters. The predicted molar refractivity (Wildman–Crippen MR) is 88.0 cm³/mol. The normalized spacial score (nSPS) is 10.9. The Morgan fingerprint density at radius 2 is 1.86 bits per heavy atom. The molecule has 0 saturated carbocycles. The average molecular weight is 300 g/mol. The number of aliphatic hydroxyl groups excluding tert-OH is 1. The SMILES string of the molecule is Cc1cccc(C)c1OCCN(CCO)Cc1cccnc1. The summed E-state index contributed by atoms with van der Waals surface area (Å²) in [7, 11) is 0. The lowest BCUT2D eigenvalue weighted by Crippen LogP contribution is -2.31. The Hall–Kier alpha value is -1.91. The van der Waals surface area contributed by atoms with Gasteiger partial charge in [-0.25, -0.2) is 0 Å². The lowest BCUT2D eigenvalue weighted by atomic mass is 10.1. The number of aryl methyl sites for hydroxylation is 2. The average Bonchev–Trinajstić information content (AvgIpc) is 2.51. The minimum atomic E-state index is 0.143. The van der Waals surface area contributed by atoms with Crippen molar-refractivity contribution < 1.29 is 9.84 Å². The molecule has 0 saturated heterocycles. The highest BCUT2D eigenvalue weighted by atomic mass is 16.5. The van der Waals surface area contributed by atoms with Gasteiger partial charge in [0.05, 0.1) is 6.61 Å². The summed E-state index contributed by atoms with van der Waals surface area (Å²) in [6.07, 6.45) is 3.63. The van der Waals surface area contributed by atoms with E-state index in [1.807, 2.05) is 24.4 Å². The van der Waals surface area contributed by atoms with Crippen molar-refractivity contribution in [3.63, 3.8) is 0 Å². The number of para-hydroxylation sites is 1. The molecule has 22 heavy (non-hydrogen) atoms. The maximum Gasteiger partial charge on any atom is 0.125 e. The Labute approximate surface area is 132 Å². The van der Waals surface area contributed by atoms with Crippen LogP contribution in [0.15, 0.2) is 42.7 Å². The zero-order valence-corrected chi connectivity index (χ0v) is 13.3. The van der Waals surface area contributed by atoms with Gasteiger partial charge in [-0.3, -0.25) is 9.88 Å². The number of pyridine rings is 1. The van der Waals surface area contributed by atoms with E-state index in [2.05, 4.69) is 35.9 Å². The van der Waals surface area contributed by atoms with Crippen LogP contribution in [0.25, 0.3) is 0 Å². The van der Waals surface area contributed by atoms with E-state index in [0.29, 0.717) is 13.2 Å². The molecule has 0 spiro atoms. The number of hydrogen-bond acceptors (Lipinski definition) is 4. The van der Waals surface area contributed by atoms with Crippen LogP contribution in [0.3, 0.4) is 0 Å². The van der Waals surface area contributed by atoms with Crippen LogP contribution in [0.5, 0.6) is 5.75 Å². The van der Waals surface area contributed by atoms with Gasteiger partial charge in [-0.1, -0.05) is 24.3 Å². The van der Waals surface area contributed by atoms with Gasteiger partial charge in [0.2, 0.25) is 0 Å². The molecule has 0 amide bonds. The van der Waals surface area contributed by atoms with Crippen LogP contribution in [0, 0.1) is 13.8 Å². The Bertz CT molecular complexity index is 552. The van der Waals surface area contributed by atoms with Crippen LogP contribution >= 0.6 is 0 Å². The Morgan fingerprint density at radius 1 is 1.09 bits per heavy atom. The van der Waals surface area contributed by atoms with Gasteiger partial charge in [0.1, 0.15) is 12.4 Å². The maximum atomic E-state index is 9.22. The highest BCUT2D eigenvalue weighted by Crippen LogP contribution is 2.22. The third kappa shape index (κ3) is 4.83. The van der Waals surface area contributed by atoms with Gasteiger partial charge in [-0.05, 0) is 36.6 Å². The molecule has 4 heteroatoms. The number of hydrogen-bond donors (Lipinski definition) is 1. The summed E-state index contributed by atoms with van der Waals surface area (Å²) < 4.78 is 5.94. The van der Waals surface area contributed by atoms with Crippen LogP contribution in [0.2, 0.25) is 0 Å². The third-order valence-corrected chi connectivity index (χ3v) is 3.61. The molecule has 1 aromatic heterocycles. The standard InChI is InChI=1S/C18H24N2O2/c1-15-5-3-6-16(2)18(15)22-12-10-20(9-11-21)14-17-7-4-8-19-13-17/h3-8,13,21H,9-12,14H2,1-2H3. The molecule has 0 aliphatic carbocycles. The summed E-state index contributed by atoms with van der Waals surface area (Å²) in [6.45, 7) is 7.03. The van der Waals surface area contributed by atoms with Crippen LogP contribution in [0.1, 0.15) is 16.7 Å². The van der Waals surface area contributed by atoms with Crippen molar-refractivity contribution in [1.82, 2.24) is 9.88 Å². The van der Waals surface area contributed by atoms with E-state index in [9.17, 15) is 5.11 Å². The molecule has 0 aliphatic heterocycles. The number of aromatic nitrogens is 1. The molecular formula is C18H24N2O2. The van der Waals surface area contributed by atoms with E-state index in [1.54, 1.807) is 6.20 Å². The van der Waals surface area contributed by atoms with E-state index in [4.69, 9.17) is 4.74 Å². The molecule has 1 aromatic carbocycles. The van der Waals surface area contributed by atoms with Crippen molar-refractivity contribution in [2.75, 3.05) is 26.3 Å². The minimum absolute atomic E-state index is 0.143. The number of ether oxygens (including phenoxy) is 1. The van der Waals surface area contributed by atoms with Gasteiger partial charge in [0.25, 0.3) is 0 Å². The number of benzene rings is 1. The number of rotatable bonds is 8. The van der Waals surface area contributed by atoms with Crippen molar-refractivity contribution in [2.45, 2.75) is 20.4 Å². The van der Waals surface area contributed by atoms with E-state index >= 15 is 0 Å². The van der Waals surface area contributed by atoms with Crippen molar-refractivity contribution in [3.8, 4) is 5.75 Å². The summed E-state index contributed by atoms with van der Waals surface area (Å²) in [5, 5.41) is 9.22. The second-order valence-corrected chi connectivity index (χ2v) is 5.43. The summed E-state index contributed by atoms with van der Waals surface area (Å²) in [5.74, 6) is 0.966. The van der Waals surface area contributed by atoms with Crippen molar-refractivity contribution in [1.29, 1.82) is 0 Å². The maximum absolute atomic E-state index is 9.22. The number of nitrogens with zero attached hydrogens (tertiary/aromatic N) is 2. The summed E-state index contributed by atoms with van der Waals surface area (Å²) in [4.78, 5) is 6.30. The first kappa shape index (κ1) is 16.5. The van der Waals surface area contributed by atoms with Gasteiger partial charge in [0, 0.05) is 32.0 Å². The fraction of sp³-hybridized carbons (Fsp3) is 0.389. The lowest BCUT2D eigenvalue weighted by Gasteiger charge is -2.22. The number of aliphatic hydroxyl groups is 1. The third-order valence-electron chi connectivity index (χ3n) is 3.61. The molecule has 2 rings (SSSR count). The van der Waals surface area contributed by atoms with E-state index in [1.165, 1.54) is 0 Å². The molecule has 2 aromatic rings. The molecule has 1 heterocycles. The van der Waals surface area contributed by atoms with Crippen LogP contribution < -0.4 is 4.74 Å². The van der Waals surface area contributed by atoms with Crippen LogP contribution in [-0.4, -0.2) is 41.3 Å². The largest absolute Gasteiger partial charge is 0.492 e. The smallest absolute Gasteiger partial charge is 0.125 e. The van der Waals surface area contributed by atoms with Crippen molar-refractivity contribution >= 4 is 0 Å². The second kappa shape index (κ2) is 8.51. The van der Waals surface area contributed by atoms with Gasteiger partial charge < -0.3 is 9.84 Å². The fourth-order valence-corrected chi connectivity index (χ4v) is 2.46. The zero-order chi connectivity index (χ0) is 15.8. The summed E-state index contributed by atoms with van der Waals surface area (Å²) in [6, 6.07) is 10.1. The zero-order valence-electron chi connectivity index (χ0n) is 13.3. The fourth-order valence-electron chi connectivity index (χ4n) is 2.46. The first-order valence-electron chi connectivity index (χ1n) is 7.62. The van der Waals surface area contributed by atoms with Gasteiger partial charge in [0.15, 0.2) is 0 Å². The lowest BCUT2D eigenvalue weighted by molar-refractivity contribution is 0.162. The first-order chi connectivity index (χ1) is 10.7. The quantitative estimate of drug-likeness (QED) is 0.814. The topological polar surface area (TPSA) is 45.6 Å². The molecule has 0 aliphatic rings. The van der Waals surface area contributed by atoms with Crippen LogP contribution in [0.4, 0.5) is 0 Å². The monoisotopic (exact) mass is 300 g/mol. The van der Waals surface area contributed by atoms with Crippen molar-refractivity contribution in [3.05, 3.63) is 59.4 Å². The highest BCUT2D eigenvalue weighted by molar-refractivity contribution is 5.39. The minimum Gasteiger partial charge on any atom is -0.492 e. The van der Waals surface area contributed by atoms with Gasteiger partial charge in [-0.2, -0.15) is 0 Å². The predicted octanol–water partition coefficient (Wildman–Crippen LogP) is 2.57. The molecule has 4 nitrogen and oxygen atoms in total. The molecule has 0 radical (unpaired) electrons.